The summed E-state index contributed by atoms with van der Waals surface area (Å²) in [4.78, 5) is 27.2. The number of aromatic nitrogens is 2. The van der Waals surface area contributed by atoms with Crippen LogP contribution in [0.2, 0.25) is 0 Å². The first-order valence-corrected chi connectivity index (χ1v) is 12.9. The smallest absolute Gasteiger partial charge is 0.271 e. The Labute approximate surface area is 229 Å². The van der Waals surface area contributed by atoms with Gasteiger partial charge >= 0.3 is 0 Å². The topological polar surface area (TPSA) is 88.2 Å². The molecule has 1 aromatic heterocycles. The van der Waals surface area contributed by atoms with Gasteiger partial charge in [0.2, 0.25) is 0 Å². The van der Waals surface area contributed by atoms with Gasteiger partial charge in [0, 0.05) is 29.4 Å². The van der Waals surface area contributed by atoms with Crippen LogP contribution in [0, 0.1) is 24.2 Å². The highest BCUT2D eigenvalue weighted by Gasteiger charge is 2.35. The maximum atomic E-state index is 13.4. The molecule has 1 aliphatic heterocycles. The van der Waals surface area contributed by atoms with E-state index in [-0.39, 0.29) is 17.7 Å². The minimum atomic E-state index is -0.610. The third-order valence-corrected chi connectivity index (χ3v) is 6.60. The van der Waals surface area contributed by atoms with E-state index in [1.807, 2.05) is 67.7 Å². The van der Waals surface area contributed by atoms with Gasteiger partial charge in [-0.1, -0.05) is 38.1 Å². The van der Waals surface area contributed by atoms with E-state index in [0.29, 0.717) is 29.4 Å². The minimum Gasteiger partial charge on any atom is -0.493 e. The molecule has 7 nitrogen and oxygen atoms in total. The van der Waals surface area contributed by atoms with Gasteiger partial charge in [0.15, 0.2) is 0 Å². The van der Waals surface area contributed by atoms with Crippen molar-refractivity contribution in [3.8, 4) is 28.8 Å². The molecule has 0 radical (unpaired) electrons. The summed E-state index contributed by atoms with van der Waals surface area (Å²) in [6.45, 7) is 12.3. The average molecular weight is 521 g/mol. The van der Waals surface area contributed by atoms with Crippen LogP contribution in [0.15, 0.2) is 84.1 Å². The van der Waals surface area contributed by atoms with E-state index in [0.717, 1.165) is 33.9 Å². The number of imide groups is 1. The van der Waals surface area contributed by atoms with Crippen LogP contribution in [0.1, 0.15) is 38.3 Å². The van der Waals surface area contributed by atoms with Gasteiger partial charge in [-0.15, -0.1) is 6.58 Å². The molecule has 4 rings (SSSR count). The van der Waals surface area contributed by atoms with Gasteiger partial charge in [-0.25, -0.2) is 4.68 Å². The van der Waals surface area contributed by atoms with Gasteiger partial charge in [-0.05, 0) is 73.7 Å². The van der Waals surface area contributed by atoms with Crippen LogP contribution in [0.3, 0.4) is 0 Å². The van der Waals surface area contributed by atoms with Gasteiger partial charge < -0.3 is 4.74 Å². The molecular formula is C32H32N4O3. The van der Waals surface area contributed by atoms with Gasteiger partial charge in [0.05, 0.1) is 18.0 Å². The van der Waals surface area contributed by atoms with Crippen molar-refractivity contribution in [2.24, 2.45) is 5.92 Å². The van der Waals surface area contributed by atoms with Gasteiger partial charge in [0.1, 0.15) is 17.4 Å². The summed E-state index contributed by atoms with van der Waals surface area (Å²) in [5.74, 6) is 0.294. The Morgan fingerprint density at radius 2 is 1.85 bits per heavy atom. The fourth-order valence-corrected chi connectivity index (χ4v) is 4.37. The van der Waals surface area contributed by atoms with Crippen molar-refractivity contribution in [2.75, 3.05) is 13.2 Å². The zero-order chi connectivity index (χ0) is 28.1. The highest BCUT2D eigenvalue weighted by atomic mass is 16.5. The third kappa shape index (κ3) is 5.75. The number of aryl methyl sites for hydroxylation is 1. The molecule has 0 N–H and O–H groups in total. The van der Waals surface area contributed by atoms with E-state index in [1.54, 1.807) is 17.7 Å². The zero-order valence-corrected chi connectivity index (χ0v) is 22.8. The fraction of sp³-hybridized carbons (Fsp3) is 0.250. The summed E-state index contributed by atoms with van der Waals surface area (Å²) < 4.78 is 7.76. The molecule has 198 valence electrons. The van der Waals surface area contributed by atoms with Gasteiger partial charge in [0.25, 0.3) is 11.8 Å². The van der Waals surface area contributed by atoms with Crippen LogP contribution in [0.5, 0.6) is 5.75 Å². The molecule has 0 aliphatic carbocycles. The molecule has 1 aliphatic rings. The Hall–Kier alpha value is -4.70. The van der Waals surface area contributed by atoms with Crippen molar-refractivity contribution in [1.82, 2.24) is 14.7 Å². The molecule has 39 heavy (non-hydrogen) atoms. The lowest BCUT2D eigenvalue weighted by Gasteiger charge is -2.26. The van der Waals surface area contributed by atoms with Crippen molar-refractivity contribution < 1.29 is 14.3 Å². The summed E-state index contributed by atoms with van der Waals surface area (Å²) in [6.07, 6.45) is 6.00. The molecule has 0 saturated heterocycles. The Balaban J connectivity index is 1.84. The van der Waals surface area contributed by atoms with Crippen molar-refractivity contribution in [1.29, 1.82) is 5.26 Å². The summed E-state index contributed by atoms with van der Waals surface area (Å²) >= 11 is 0. The maximum absolute atomic E-state index is 13.4. The molecule has 0 saturated carbocycles. The van der Waals surface area contributed by atoms with E-state index >= 15 is 0 Å². The van der Waals surface area contributed by atoms with E-state index in [4.69, 9.17) is 9.84 Å². The largest absolute Gasteiger partial charge is 0.493 e. The number of nitriles is 1. The molecule has 0 unspecified atom stereocenters. The second kappa shape index (κ2) is 11.8. The van der Waals surface area contributed by atoms with Crippen LogP contribution < -0.4 is 4.74 Å². The van der Waals surface area contributed by atoms with Crippen LogP contribution in [0.25, 0.3) is 23.0 Å². The number of amides is 2. The second-order valence-corrected chi connectivity index (χ2v) is 9.90. The van der Waals surface area contributed by atoms with Gasteiger partial charge in [-0.2, -0.15) is 10.4 Å². The van der Waals surface area contributed by atoms with Crippen molar-refractivity contribution in [2.45, 2.75) is 34.1 Å². The van der Waals surface area contributed by atoms with Crippen molar-refractivity contribution >= 4 is 17.9 Å². The average Bonchev–Trinajstić information content (AvgIpc) is 3.34. The predicted octanol–water partition coefficient (Wildman–Crippen LogP) is 6.05. The molecule has 2 heterocycles. The molecule has 2 amide bonds. The summed E-state index contributed by atoms with van der Waals surface area (Å²) in [5.41, 5.74) is 4.59. The van der Waals surface area contributed by atoms with Gasteiger partial charge in [-0.3, -0.25) is 14.5 Å². The maximum Gasteiger partial charge on any atom is 0.271 e. The molecule has 0 fully saturated rings. The van der Waals surface area contributed by atoms with Crippen LogP contribution in [-0.2, 0) is 9.59 Å². The molecule has 2 aromatic carbocycles. The lowest BCUT2D eigenvalue weighted by atomic mass is 9.93. The van der Waals surface area contributed by atoms with Crippen LogP contribution >= 0.6 is 0 Å². The molecular weight excluding hydrogens is 488 g/mol. The standard InChI is InChI=1S/C32H32N4O3/c1-6-15-35-31(37)27(23(5)28(19-33)32(35)38)18-25-20-36(26-10-8-7-9-11-26)34-30(25)24-12-13-29(22(4)17-24)39-16-14-21(2)3/h6-13,17-18,20-21H,1,14-16H2,2-5H3/b27-18+. The molecule has 0 atom stereocenters. The highest BCUT2D eigenvalue weighted by molar-refractivity contribution is 6.19. The summed E-state index contributed by atoms with van der Waals surface area (Å²) in [5, 5.41) is 14.5. The first kappa shape index (κ1) is 27.3. The number of para-hydroxylation sites is 1. The number of hydrogen-bond acceptors (Lipinski definition) is 5. The number of carbonyl (C=O) groups excluding carboxylic acids is 2. The number of carbonyl (C=O) groups is 2. The highest BCUT2D eigenvalue weighted by Crippen LogP contribution is 2.33. The van der Waals surface area contributed by atoms with E-state index in [2.05, 4.69) is 20.4 Å². The summed E-state index contributed by atoms with van der Waals surface area (Å²) in [6, 6.07) is 17.6. The monoisotopic (exact) mass is 520 g/mol. The molecule has 0 bridgehead atoms. The molecule has 0 spiro atoms. The normalized spacial score (nSPS) is 14.8. The Kier molecular flexibility index (Phi) is 8.26. The fourth-order valence-electron chi connectivity index (χ4n) is 4.37. The van der Waals surface area contributed by atoms with Crippen LogP contribution in [0.4, 0.5) is 0 Å². The SMILES string of the molecule is C=CCN1C(=O)C(C#N)=C(C)/C(=C\c2cn(-c3ccccc3)nc2-c2ccc(OCCC(C)C)c(C)c2)C1=O. The van der Waals surface area contributed by atoms with Crippen LogP contribution in [-0.4, -0.2) is 39.6 Å². The number of ether oxygens (including phenoxy) is 1. The number of benzene rings is 2. The quantitative estimate of drug-likeness (QED) is 0.195. The first-order chi connectivity index (χ1) is 18.7. The predicted molar refractivity (Wildman–Crippen MR) is 152 cm³/mol. The lowest BCUT2D eigenvalue weighted by molar-refractivity contribution is -0.139. The lowest BCUT2D eigenvalue weighted by Crippen LogP contribution is -2.42. The first-order valence-electron chi connectivity index (χ1n) is 12.9. The minimum absolute atomic E-state index is 0.0149. The Morgan fingerprint density at radius 3 is 2.49 bits per heavy atom. The second-order valence-electron chi connectivity index (χ2n) is 9.90. The third-order valence-electron chi connectivity index (χ3n) is 6.60. The van der Waals surface area contributed by atoms with E-state index in [1.165, 1.54) is 6.08 Å². The van der Waals surface area contributed by atoms with Crippen molar-refractivity contribution in [3.05, 3.63) is 95.2 Å². The Morgan fingerprint density at radius 1 is 1.10 bits per heavy atom. The number of hydrogen-bond donors (Lipinski definition) is 0. The Bertz CT molecular complexity index is 1520. The molecule has 7 heteroatoms. The zero-order valence-electron chi connectivity index (χ0n) is 22.8. The van der Waals surface area contributed by atoms with Crippen molar-refractivity contribution in [3.63, 3.8) is 0 Å². The van der Waals surface area contributed by atoms with E-state index < -0.39 is 11.8 Å². The summed E-state index contributed by atoms with van der Waals surface area (Å²) in [7, 11) is 0. The van der Waals surface area contributed by atoms with E-state index in [9.17, 15) is 14.9 Å². The molecule has 3 aromatic rings. The number of rotatable bonds is 9. The number of nitrogens with zero attached hydrogens (tertiary/aromatic N) is 4.